The van der Waals surface area contributed by atoms with Gasteiger partial charge in [-0.05, 0) is 79.2 Å². The first-order valence-corrected chi connectivity index (χ1v) is 26.8. The van der Waals surface area contributed by atoms with Gasteiger partial charge in [0, 0.05) is 41.3 Å². The molecule has 8 N–H and O–H groups in total. The Morgan fingerprint density at radius 2 is 1.10 bits per heavy atom. The monoisotopic (exact) mass is 1210 g/mol. The number of phenolic OH excluding ortho intramolecular Hbond substituents is 3. The molecule has 0 amide bonds. The number of thiazole rings is 1. The van der Waals surface area contributed by atoms with Crippen molar-refractivity contribution in [3.05, 3.63) is 250 Å². The SMILES string of the molecule is CC(=O)CC(c1ccccc1)c1c(O)c2ccccc2oc1=O.O=C(O)Cc1c(O)c2c(O)cc(O)cc2oc1=O.O=C(O)c1cc2ccc(O)cc2oc1=O.O=c1cc(O)c2ccccc2o1.O=c1oc2ccccc2cc1-c1nc2ccccc2s1. The van der Waals surface area contributed by atoms with Crippen molar-refractivity contribution >= 4 is 94.1 Å². The van der Waals surface area contributed by atoms with E-state index in [0.717, 1.165) is 39.4 Å². The number of aromatic nitrogens is 1. The van der Waals surface area contributed by atoms with Crippen LogP contribution >= 0.6 is 11.3 Å². The second-order valence-electron chi connectivity index (χ2n) is 19.0. The van der Waals surface area contributed by atoms with Crippen LogP contribution in [0.15, 0.2) is 222 Å². The Balaban J connectivity index is 0.000000133. The molecule has 0 spiro atoms. The number of carbonyl (C=O) groups excluding carboxylic acids is 1. The third-order valence-electron chi connectivity index (χ3n) is 13.0. The quantitative estimate of drug-likeness (QED) is 0.0655. The molecular weight excluding hydrogens is 1160 g/mol. The minimum absolute atomic E-state index is 0.0400. The summed E-state index contributed by atoms with van der Waals surface area (Å²) in [4.78, 5) is 95.3. The van der Waals surface area contributed by atoms with Gasteiger partial charge in [-0.15, -0.1) is 11.3 Å². The number of hydrogen-bond donors (Lipinski definition) is 8. The highest BCUT2D eigenvalue weighted by molar-refractivity contribution is 7.21. The average molecular weight is 1210 g/mol. The van der Waals surface area contributed by atoms with Crippen LogP contribution in [0.25, 0.3) is 75.6 Å². The summed E-state index contributed by atoms with van der Waals surface area (Å²) in [5, 5.41) is 77.7. The lowest BCUT2D eigenvalue weighted by atomic mass is 9.87. The lowest BCUT2D eigenvalue weighted by Crippen LogP contribution is -2.16. The number of aromatic carboxylic acids is 1. The molecule has 1 unspecified atom stereocenters. The van der Waals surface area contributed by atoms with Gasteiger partial charge < -0.3 is 62.9 Å². The van der Waals surface area contributed by atoms with Gasteiger partial charge in [-0.1, -0.05) is 84.9 Å². The molecule has 22 nitrogen and oxygen atoms in total. The summed E-state index contributed by atoms with van der Waals surface area (Å²) in [6, 6.07) is 48.4. The number of carboxylic acid groups (broad SMARTS) is 2. The number of ketones is 1. The van der Waals surface area contributed by atoms with Crippen molar-refractivity contribution in [2.45, 2.75) is 25.7 Å². The molecule has 13 aromatic rings. The number of aromatic hydroxyl groups is 6. The van der Waals surface area contributed by atoms with Crippen molar-refractivity contribution in [3.63, 3.8) is 0 Å². The van der Waals surface area contributed by atoms with Gasteiger partial charge >= 0.3 is 40.1 Å². The molecule has 1 atom stereocenters. The molecule has 0 saturated heterocycles. The molecule has 23 heteroatoms. The first-order valence-electron chi connectivity index (χ1n) is 26.0. The Labute approximate surface area is 495 Å². The molecule has 0 saturated carbocycles. The molecule has 0 bridgehead atoms. The van der Waals surface area contributed by atoms with E-state index in [1.807, 2.05) is 78.9 Å². The summed E-state index contributed by atoms with van der Waals surface area (Å²) < 4.78 is 26.1. The summed E-state index contributed by atoms with van der Waals surface area (Å²) in [7, 11) is 0. The predicted molar refractivity (Wildman–Crippen MR) is 323 cm³/mol. The van der Waals surface area contributed by atoms with Gasteiger partial charge in [0.05, 0.1) is 50.2 Å². The fourth-order valence-electron chi connectivity index (χ4n) is 8.98. The molecule has 88 heavy (non-hydrogen) atoms. The lowest BCUT2D eigenvalue weighted by molar-refractivity contribution is -0.136. The summed E-state index contributed by atoms with van der Waals surface area (Å²) >= 11 is 1.50. The van der Waals surface area contributed by atoms with E-state index in [-0.39, 0.29) is 62.9 Å². The van der Waals surface area contributed by atoms with E-state index in [2.05, 4.69) is 4.98 Å². The van der Waals surface area contributed by atoms with E-state index in [4.69, 9.17) is 37.4 Å². The zero-order valence-electron chi connectivity index (χ0n) is 45.5. The van der Waals surface area contributed by atoms with E-state index in [1.165, 1.54) is 42.5 Å². The first-order chi connectivity index (χ1) is 42.1. The molecule has 0 aliphatic heterocycles. The average Bonchev–Trinajstić information content (AvgIpc) is 1.88. The number of carboxylic acids is 2. The second-order valence-corrected chi connectivity index (χ2v) is 20.1. The second kappa shape index (κ2) is 26.2. The van der Waals surface area contributed by atoms with E-state index >= 15 is 0 Å². The van der Waals surface area contributed by atoms with Gasteiger partial charge in [0.25, 0.3) is 0 Å². The van der Waals surface area contributed by atoms with Crippen molar-refractivity contribution in [3.8, 4) is 45.1 Å². The van der Waals surface area contributed by atoms with Crippen LogP contribution in [0.4, 0.5) is 0 Å². The number of benzene rings is 7. The molecule has 0 radical (unpaired) electrons. The molecule has 0 aliphatic carbocycles. The maximum Gasteiger partial charge on any atom is 0.351 e. The van der Waals surface area contributed by atoms with Crippen LogP contribution in [0.1, 0.15) is 46.3 Å². The van der Waals surface area contributed by atoms with Crippen LogP contribution in [0.3, 0.4) is 0 Å². The minimum Gasteiger partial charge on any atom is -0.508 e. The van der Waals surface area contributed by atoms with E-state index in [0.29, 0.717) is 43.5 Å². The van der Waals surface area contributed by atoms with E-state index in [9.17, 15) is 63.9 Å². The Bertz CT molecular complexity index is 5100. The maximum absolute atomic E-state index is 12.4. The molecule has 13 rings (SSSR count). The normalized spacial score (nSPS) is 11.1. The number of hydrogen-bond acceptors (Lipinski definition) is 21. The molecule has 0 aliphatic rings. The highest BCUT2D eigenvalue weighted by Crippen LogP contribution is 2.38. The number of para-hydroxylation sites is 4. The van der Waals surface area contributed by atoms with Crippen LogP contribution < -0.4 is 28.1 Å². The fraction of sp³-hybridized carbons (Fsp3) is 0.0615. The number of carbonyl (C=O) groups is 3. The van der Waals surface area contributed by atoms with Crippen molar-refractivity contribution in [1.29, 1.82) is 0 Å². The topological polar surface area (TPSA) is 377 Å². The largest absolute Gasteiger partial charge is 0.508 e. The Kier molecular flexibility index (Phi) is 18.0. The van der Waals surface area contributed by atoms with Crippen LogP contribution in [0.5, 0.6) is 34.5 Å². The number of nitrogens with zero attached hydrogens (tertiary/aromatic N) is 1. The molecule has 6 aromatic heterocycles. The van der Waals surface area contributed by atoms with Crippen molar-refractivity contribution < 1.29 is 77.3 Å². The zero-order chi connectivity index (χ0) is 62.9. The number of phenols is 3. The van der Waals surface area contributed by atoms with Crippen molar-refractivity contribution in [2.24, 2.45) is 0 Å². The number of rotatable bonds is 8. The Morgan fingerprint density at radius 3 is 1.80 bits per heavy atom. The first kappa shape index (κ1) is 60.5. The number of aliphatic carboxylic acids is 1. The van der Waals surface area contributed by atoms with Crippen LogP contribution in [-0.2, 0) is 16.0 Å². The summed E-state index contributed by atoms with van der Waals surface area (Å²) in [5.74, 6) is -5.00. The van der Waals surface area contributed by atoms with Gasteiger partial charge in [-0.2, -0.15) is 0 Å². The van der Waals surface area contributed by atoms with Gasteiger partial charge in [0.15, 0.2) is 0 Å². The summed E-state index contributed by atoms with van der Waals surface area (Å²) in [5.41, 5.74) is -0.745. The molecule has 442 valence electrons. The number of fused-ring (bicyclic) bond motifs is 6. The number of Topliss-reactive ketones (excluding diaryl/α,β-unsaturated/α-hetero) is 1. The highest BCUT2D eigenvalue weighted by atomic mass is 32.1. The summed E-state index contributed by atoms with van der Waals surface area (Å²) in [6.45, 7) is 1.47. The van der Waals surface area contributed by atoms with Crippen LogP contribution in [-0.4, -0.2) is 63.6 Å². The van der Waals surface area contributed by atoms with Crippen molar-refractivity contribution in [2.75, 3.05) is 0 Å². The Hall–Kier alpha value is -12.1. The van der Waals surface area contributed by atoms with Gasteiger partial charge in [0.2, 0.25) is 0 Å². The van der Waals surface area contributed by atoms with E-state index < -0.39 is 69.4 Å². The maximum atomic E-state index is 12.4. The van der Waals surface area contributed by atoms with Crippen LogP contribution in [0.2, 0.25) is 0 Å². The zero-order valence-corrected chi connectivity index (χ0v) is 46.3. The van der Waals surface area contributed by atoms with Gasteiger partial charge in [-0.3, -0.25) is 9.59 Å². The standard InChI is InChI=1S/C19H16O4.C16H9NO2S.C11H8O7.C10H6O5.C9H6O3/c1-12(20)11-15(13-7-3-2-4-8-13)17-18(21)14-9-5-6-10-16(14)23-19(17)22;18-16-11(9-10-5-1-3-7-13(10)19-16)15-17-12-6-2-4-8-14(12)20-15;12-4-1-6(13)9-7(2-4)18-11(17)5(10(9)16)3-8(14)15;11-6-2-1-5-3-7(9(12)13)10(14)15-8(5)4-6;10-7-5-9(11)12-8-4-2-1-3-6(7)8/h2-10,15,21H,11H2,1H3;1-9H;1-2,12-13,16H,3H2,(H,14,15);1-4,11H,(H,12,13);1-5,10H. The van der Waals surface area contributed by atoms with Gasteiger partial charge in [-0.25, -0.2) is 33.8 Å². The third-order valence-corrected chi connectivity index (χ3v) is 14.0. The molecule has 6 heterocycles. The van der Waals surface area contributed by atoms with E-state index in [1.54, 1.807) is 54.6 Å². The van der Waals surface area contributed by atoms with Crippen molar-refractivity contribution in [1.82, 2.24) is 4.98 Å². The van der Waals surface area contributed by atoms with Crippen LogP contribution in [0, 0.1) is 0 Å². The fourth-order valence-corrected chi connectivity index (χ4v) is 9.95. The molecular formula is C65H45NO21S. The smallest absolute Gasteiger partial charge is 0.351 e. The summed E-state index contributed by atoms with van der Waals surface area (Å²) in [6.07, 6.45) is -0.606. The Morgan fingerprint density at radius 1 is 0.511 bits per heavy atom. The van der Waals surface area contributed by atoms with Gasteiger partial charge in [0.1, 0.15) is 84.2 Å². The highest BCUT2D eigenvalue weighted by Gasteiger charge is 2.26. The molecule has 0 fully saturated rings. The molecule has 7 aromatic carbocycles. The lowest BCUT2D eigenvalue weighted by Gasteiger charge is -2.17. The predicted octanol–water partition coefficient (Wildman–Crippen LogP) is 10.9. The third kappa shape index (κ3) is 13.8. The minimum atomic E-state index is -1.33.